The van der Waals surface area contributed by atoms with Crippen LogP contribution in [0.5, 0.6) is 5.75 Å². The smallest absolute Gasteiger partial charge is 0.311 e. The molecule has 0 atom stereocenters. The third kappa shape index (κ3) is 4.56. The van der Waals surface area contributed by atoms with Gasteiger partial charge in [0.05, 0.1) is 0 Å². The molecule has 0 aromatic heterocycles. The monoisotopic (exact) mass is 378 g/mol. The van der Waals surface area contributed by atoms with Crippen molar-refractivity contribution in [1.82, 2.24) is 0 Å². The van der Waals surface area contributed by atoms with Crippen LogP contribution >= 0.6 is 0 Å². The van der Waals surface area contributed by atoms with Crippen molar-refractivity contribution in [2.75, 3.05) is 0 Å². The number of benzene rings is 2. The molecule has 0 spiro atoms. The van der Waals surface area contributed by atoms with Crippen molar-refractivity contribution in [3.8, 4) is 5.75 Å². The van der Waals surface area contributed by atoms with Crippen molar-refractivity contribution < 1.29 is 19.1 Å². The Morgan fingerprint density at radius 3 is 2.00 bits per heavy atom. The Hall–Kier alpha value is -2.75. The third-order valence-electron chi connectivity index (χ3n) is 5.11. The number of fused-ring (bicyclic) bond motifs is 2. The zero-order chi connectivity index (χ0) is 19.9. The van der Waals surface area contributed by atoms with Crippen LogP contribution in [0.3, 0.4) is 0 Å². The van der Waals surface area contributed by atoms with Gasteiger partial charge in [0.15, 0.2) is 11.6 Å². The van der Waals surface area contributed by atoms with Gasteiger partial charge in [-0.3, -0.25) is 14.4 Å². The van der Waals surface area contributed by atoms with Crippen molar-refractivity contribution in [2.24, 2.45) is 0 Å². The molecular formula is C24H26O4. The molecule has 0 N–H and O–H groups in total. The highest BCUT2D eigenvalue weighted by molar-refractivity contribution is 6.28. The molecule has 0 fully saturated rings. The van der Waals surface area contributed by atoms with Gasteiger partial charge in [-0.05, 0) is 24.6 Å². The number of carbonyl (C=O) groups excluding carboxylic acids is 3. The standard InChI is InChI=1S/C24H26O4/c1-2-3-4-5-6-7-8-13-22(25)28-17-14-15-20-21(16-17)24(27)19-12-10-9-11-18(19)23(20)26/h9-12,14-16H,2-8,13H2,1H3. The molecule has 28 heavy (non-hydrogen) atoms. The van der Waals surface area contributed by atoms with E-state index in [1.165, 1.54) is 31.7 Å². The first-order valence-electron chi connectivity index (χ1n) is 10.1. The number of ether oxygens (including phenoxy) is 1. The van der Waals surface area contributed by atoms with Crippen LogP contribution in [0.25, 0.3) is 0 Å². The maximum absolute atomic E-state index is 12.7. The van der Waals surface area contributed by atoms with Gasteiger partial charge >= 0.3 is 5.97 Å². The summed E-state index contributed by atoms with van der Waals surface area (Å²) in [5.41, 5.74) is 1.47. The Kier molecular flexibility index (Phi) is 6.75. The molecule has 1 aliphatic rings. The van der Waals surface area contributed by atoms with Crippen LogP contribution in [0.4, 0.5) is 0 Å². The summed E-state index contributed by atoms with van der Waals surface area (Å²) in [4.78, 5) is 37.4. The normalized spacial score (nSPS) is 12.5. The number of esters is 1. The molecule has 0 radical (unpaired) electrons. The maximum atomic E-state index is 12.7. The van der Waals surface area contributed by atoms with E-state index in [-0.39, 0.29) is 17.5 Å². The van der Waals surface area contributed by atoms with Crippen LogP contribution in [0.1, 0.15) is 90.1 Å². The summed E-state index contributed by atoms with van der Waals surface area (Å²) in [6.07, 6.45) is 8.30. The number of hydrogen-bond acceptors (Lipinski definition) is 4. The van der Waals surface area contributed by atoms with E-state index in [2.05, 4.69) is 6.92 Å². The van der Waals surface area contributed by atoms with E-state index in [0.29, 0.717) is 34.4 Å². The Morgan fingerprint density at radius 1 is 0.750 bits per heavy atom. The molecule has 146 valence electrons. The predicted molar refractivity (Wildman–Crippen MR) is 108 cm³/mol. The van der Waals surface area contributed by atoms with Crippen molar-refractivity contribution in [3.05, 3.63) is 64.7 Å². The second-order valence-corrected chi connectivity index (χ2v) is 7.26. The first-order valence-corrected chi connectivity index (χ1v) is 10.1. The quantitative estimate of drug-likeness (QED) is 0.280. The molecule has 0 aliphatic heterocycles. The van der Waals surface area contributed by atoms with E-state index in [4.69, 9.17) is 4.74 Å². The minimum absolute atomic E-state index is 0.175. The van der Waals surface area contributed by atoms with Crippen molar-refractivity contribution in [3.63, 3.8) is 0 Å². The number of unbranched alkanes of at least 4 members (excludes halogenated alkanes) is 6. The fourth-order valence-electron chi connectivity index (χ4n) is 3.55. The summed E-state index contributed by atoms with van der Waals surface area (Å²) in [6.45, 7) is 2.19. The largest absolute Gasteiger partial charge is 0.427 e. The second-order valence-electron chi connectivity index (χ2n) is 7.26. The predicted octanol–water partition coefficient (Wildman–Crippen LogP) is 5.51. The van der Waals surface area contributed by atoms with E-state index in [1.807, 2.05) is 0 Å². The molecule has 2 aromatic carbocycles. The molecule has 2 aromatic rings. The molecule has 0 unspecified atom stereocenters. The molecular weight excluding hydrogens is 352 g/mol. The molecule has 0 heterocycles. The summed E-state index contributed by atoms with van der Waals surface area (Å²) in [6, 6.07) is 11.5. The van der Waals surface area contributed by atoms with Crippen LogP contribution in [0.15, 0.2) is 42.5 Å². The van der Waals surface area contributed by atoms with Crippen molar-refractivity contribution in [2.45, 2.75) is 58.3 Å². The Morgan fingerprint density at radius 2 is 1.32 bits per heavy atom. The van der Waals surface area contributed by atoms with Gasteiger partial charge in [-0.25, -0.2) is 0 Å². The minimum Gasteiger partial charge on any atom is -0.427 e. The lowest BCUT2D eigenvalue weighted by Crippen LogP contribution is -2.21. The topological polar surface area (TPSA) is 60.4 Å². The SMILES string of the molecule is CCCCCCCCCC(=O)Oc1ccc2c(c1)C(=O)c1ccccc1C2=O. The lowest BCUT2D eigenvalue weighted by molar-refractivity contribution is -0.134. The zero-order valence-electron chi connectivity index (χ0n) is 16.3. The third-order valence-corrected chi connectivity index (χ3v) is 5.11. The highest BCUT2D eigenvalue weighted by atomic mass is 16.5. The van der Waals surface area contributed by atoms with Gasteiger partial charge in [0.1, 0.15) is 5.75 Å². The first kappa shape index (κ1) is 20.0. The summed E-state index contributed by atoms with van der Waals surface area (Å²) >= 11 is 0. The van der Waals surface area contributed by atoms with Gasteiger partial charge in [-0.15, -0.1) is 0 Å². The molecule has 1 aliphatic carbocycles. The molecule has 4 nitrogen and oxygen atoms in total. The molecule has 0 saturated heterocycles. The van der Waals surface area contributed by atoms with Crippen molar-refractivity contribution in [1.29, 1.82) is 0 Å². The molecule has 3 rings (SSSR count). The summed E-state index contributed by atoms with van der Waals surface area (Å²) < 4.78 is 5.39. The van der Waals surface area contributed by atoms with Crippen LogP contribution in [-0.2, 0) is 4.79 Å². The van der Waals surface area contributed by atoms with Gasteiger partial charge in [-0.2, -0.15) is 0 Å². The average Bonchev–Trinajstić information content (AvgIpc) is 2.71. The van der Waals surface area contributed by atoms with E-state index >= 15 is 0 Å². The number of ketones is 2. The van der Waals surface area contributed by atoms with Crippen molar-refractivity contribution >= 4 is 17.5 Å². The summed E-state index contributed by atoms with van der Waals surface area (Å²) in [5, 5.41) is 0. The van der Waals surface area contributed by atoms with E-state index in [0.717, 1.165) is 19.3 Å². The fourth-order valence-corrected chi connectivity index (χ4v) is 3.55. The molecule has 0 bridgehead atoms. The maximum Gasteiger partial charge on any atom is 0.311 e. The number of rotatable bonds is 9. The van der Waals surface area contributed by atoms with Gasteiger partial charge < -0.3 is 4.74 Å². The van der Waals surface area contributed by atoms with Crippen LogP contribution in [0.2, 0.25) is 0 Å². The Bertz CT molecular complexity index is 882. The highest BCUT2D eigenvalue weighted by Gasteiger charge is 2.29. The van der Waals surface area contributed by atoms with E-state index < -0.39 is 0 Å². The van der Waals surface area contributed by atoms with Gasteiger partial charge in [0.2, 0.25) is 0 Å². The number of hydrogen-bond donors (Lipinski definition) is 0. The lowest BCUT2D eigenvalue weighted by atomic mass is 9.84. The average molecular weight is 378 g/mol. The minimum atomic E-state index is -0.302. The Balaban J connectivity index is 1.58. The van der Waals surface area contributed by atoms with Crippen LogP contribution in [0, 0.1) is 0 Å². The van der Waals surface area contributed by atoms with Crippen LogP contribution in [-0.4, -0.2) is 17.5 Å². The van der Waals surface area contributed by atoms with Crippen LogP contribution < -0.4 is 4.74 Å². The first-order chi connectivity index (χ1) is 13.6. The van der Waals surface area contributed by atoms with E-state index in [9.17, 15) is 14.4 Å². The lowest BCUT2D eigenvalue weighted by Gasteiger charge is -2.17. The van der Waals surface area contributed by atoms with Gasteiger partial charge in [0.25, 0.3) is 0 Å². The fraction of sp³-hybridized carbons (Fsp3) is 0.375. The number of carbonyl (C=O) groups is 3. The van der Waals surface area contributed by atoms with Gasteiger partial charge in [0, 0.05) is 28.7 Å². The summed E-state index contributed by atoms with van der Waals surface area (Å²) in [5.74, 6) is -0.378. The summed E-state index contributed by atoms with van der Waals surface area (Å²) in [7, 11) is 0. The molecule has 4 heteroatoms. The van der Waals surface area contributed by atoms with E-state index in [1.54, 1.807) is 36.4 Å². The zero-order valence-corrected chi connectivity index (χ0v) is 16.3. The second kappa shape index (κ2) is 9.45. The highest BCUT2D eigenvalue weighted by Crippen LogP contribution is 2.30. The molecule has 0 saturated carbocycles. The van der Waals surface area contributed by atoms with Gasteiger partial charge in [-0.1, -0.05) is 69.7 Å². The molecule has 0 amide bonds. The Labute approximate surface area is 165 Å².